The predicted molar refractivity (Wildman–Crippen MR) is 119 cm³/mol. The second-order valence-electron chi connectivity index (χ2n) is 9.57. The lowest BCUT2D eigenvalue weighted by Crippen LogP contribution is -2.52. The van der Waals surface area contributed by atoms with Crippen molar-refractivity contribution in [1.82, 2.24) is 20.1 Å². The Morgan fingerprint density at radius 1 is 1.06 bits per heavy atom. The van der Waals surface area contributed by atoms with Crippen molar-refractivity contribution in [2.75, 3.05) is 26.3 Å². The third-order valence-corrected chi connectivity index (χ3v) is 7.37. The number of likely N-dealkylation sites (tertiary alicyclic amines) is 1. The van der Waals surface area contributed by atoms with Crippen molar-refractivity contribution in [3.05, 3.63) is 53.2 Å². The zero-order valence-corrected chi connectivity index (χ0v) is 18.3. The molecule has 1 aromatic carbocycles. The van der Waals surface area contributed by atoms with Crippen LogP contribution in [0.3, 0.4) is 0 Å². The van der Waals surface area contributed by atoms with Crippen LogP contribution in [0, 0.1) is 11.8 Å². The molecule has 2 aromatic rings. The summed E-state index contributed by atoms with van der Waals surface area (Å²) in [6.07, 6.45) is 2.47. The van der Waals surface area contributed by atoms with Crippen LogP contribution in [0.1, 0.15) is 34.3 Å². The first kappa shape index (κ1) is 20.5. The Balaban J connectivity index is 1.19. The van der Waals surface area contributed by atoms with Crippen molar-refractivity contribution in [1.29, 1.82) is 0 Å². The zero-order chi connectivity index (χ0) is 22.5. The molecule has 1 N–H and O–H groups in total. The van der Waals surface area contributed by atoms with Gasteiger partial charge in [0.15, 0.2) is 0 Å². The standard InChI is InChI=1S/C25H26N4O4/c30-23-4-3-22(24(31)27-23)29-12-17-8-16(1-2-20(17)25(29)32)21-7-15(5-6-26-21)9-28-10-18-13-33-14-19(18)11-28/h1-2,5-8,18-19,22H,3-4,9-14H2,(H,27,30,31)/t18-,19+,22-/m0/s1. The van der Waals surface area contributed by atoms with Crippen LogP contribution >= 0.6 is 0 Å². The first-order valence-electron chi connectivity index (χ1n) is 11.6. The van der Waals surface area contributed by atoms with Gasteiger partial charge in [0, 0.05) is 61.8 Å². The van der Waals surface area contributed by atoms with Gasteiger partial charge in [-0.25, -0.2) is 0 Å². The van der Waals surface area contributed by atoms with Crippen LogP contribution < -0.4 is 5.32 Å². The summed E-state index contributed by atoms with van der Waals surface area (Å²) in [7, 11) is 0. The summed E-state index contributed by atoms with van der Waals surface area (Å²) in [5.41, 5.74) is 4.57. The fourth-order valence-corrected chi connectivity index (χ4v) is 5.64. The van der Waals surface area contributed by atoms with Crippen LogP contribution in [-0.2, 0) is 27.4 Å². The summed E-state index contributed by atoms with van der Waals surface area (Å²) in [5, 5.41) is 2.35. The van der Waals surface area contributed by atoms with Gasteiger partial charge in [0.25, 0.3) is 5.91 Å². The van der Waals surface area contributed by atoms with Gasteiger partial charge < -0.3 is 9.64 Å². The third-order valence-electron chi connectivity index (χ3n) is 7.37. The van der Waals surface area contributed by atoms with Crippen LogP contribution in [0.4, 0.5) is 0 Å². The summed E-state index contributed by atoms with van der Waals surface area (Å²) in [6.45, 7) is 5.19. The number of ether oxygens (including phenoxy) is 1. The van der Waals surface area contributed by atoms with Crippen LogP contribution in [0.5, 0.6) is 0 Å². The van der Waals surface area contributed by atoms with Gasteiger partial charge in [-0.1, -0.05) is 6.07 Å². The molecular formula is C25H26N4O4. The molecule has 3 fully saturated rings. The Labute approximate surface area is 191 Å². The number of nitrogens with one attached hydrogen (secondary N) is 1. The molecule has 8 nitrogen and oxygen atoms in total. The highest BCUT2D eigenvalue weighted by molar-refractivity contribution is 6.05. The number of aromatic nitrogens is 1. The quantitative estimate of drug-likeness (QED) is 0.718. The molecule has 33 heavy (non-hydrogen) atoms. The monoisotopic (exact) mass is 446 g/mol. The fourth-order valence-electron chi connectivity index (χ4n) is 5.64. The lowest BCUT2D eigenvalue weighted by molar-refractivity contribution is -0.136. The highest BCUT2D eigenvalue weighted by Gasteiger charge is 2.39. The first-order chi connectivity index (χ1) is 16.0. The van der Waals surface area contributed by atoms with Crippen molar-refractivity contribution in [2.45, 2.75) is 32.0 Å². The molecule has 6 rings (SSSR count). The molecule has 170 valence electrons. The predicted octanol–water partition coefficient (Wildman–Crippen LogP) is 1.59. The van der Waals surface area contributed by atoms with E-state index in [1.807, 2.05) is 24.4 Å². The minimum atomic E-state index is -0.599. The molecule has 8 heteroatoms. The molecule has 3 atom stereocenters. The average Bonchev–Trinajstić information content (AvgIpc) is 3.48. The molecule has 1 aromatic heterocycles. The number of hydrogen-bond acceptors (Lipinski definition) is 6. The Bertz CT molecular complexity index is 1140. The molecule has 0 spiro atoms. The topological polar surface area (TPSA) is 91.8 Å². The number of amides is 3. The van der Waals surface area contributed by atoms with Crippen LogP contribution in [0.15, 0.2) is 36.5 Å². The molecule has 4 aliphatic heterocycles. The van der Waals surface area contributed by atoms with Crippen molar-refractivity contribution < 1.29 is 19.1 Å². The van der Waals surface area contributed by atoms with E-state index in [2.05, 4.69) is 27.3 Å². The SMILES string of the molecule is O=C1CC[C@H](N2Cc3cc(-c4cc(CN5C[C@H]6COC[C@H]6C5)ccn4)ccc3C2=O)C(=O)N1. The fraction of sp³-hybridized carbons (Fsp3) is 0.440. The van der Waals surface area contributed by atoms with Crippen molar-refractivity contribution in [3.63, 3.8) is 0 Å². The van der Waals surface area contributed by atoms with Gasteiger partial charge in [0.2, 0.25) is 11.8 Å². The average molecular weight is 447 g/mol. The van der Waals surface area contributed by atoms with Crippen molar-refractivity contribution >= 4 is 17.7 Å². The number of pyridine rings is 1. The minimum Gasteiger partial charge on any atom is -0.381 e. The largest absolute Gasteiger partial charge is 0.381 e. The van der Waals surface area contributed by atoms with Gasteiger partial charge >= 0.3 is 0 Å². The summed E-state index contributed by atoms with van der Waals surface area (Å²) >= 11 is 0. The minimum absolute atomic E-state index is 0.156. The molecule has 0 saturated carbocycles. The summed E-state index contributed by atoms with van der Waals surface area (Å²) in [6, 6.07) is 9.35. The maximum Gasteiger partial charge on any atom is 0.255 e. The number of imide groups is 1. The van der Waals surface area contributed by atoms with Crippen LogP contribution in [-0.4, -0.2) is 64.9 Å². The molecule has 0 aliphatic carbocycles. The zero-order valence-electron chi connectivity index (χ0n) is 18.3. The maximum atomic E-state index is 12.9. The number of carbonyl (C=O) groups excluding carboxylic acids is 3. The first-order valence-corrected chi connectivity index (χ1v) is 11.6. The smallest absolute Gasteiger partial charge is 0.255 e. The van der Waals surface area contributed by atoms with Gasteiger partial charge in [0.05, 0.1) is 18.9 Å². The molecule has 5 heterocycles. The third kappa shape index (κ3) is 3.73. The van der Waals surface area contributed by atoms with Crippen molar-refractivity contribution in [2.24, 2.45) is 11.8 Å². The summed E-state index contributed by atoms with van der Waals surface area (Å²) in [5.74, 6) is 0.496. The number of rotatable bonds is 4. The lowest BCUT2D eigenvalue weighted by atomic mass is 10.0. The number of nitrogens with zero attached hydrogens (tertiary/aromatic N) is 3. The van der Waals surface area contributed by atoms with E-state index in [9.17, 15) is 14.4 Å². The highest BCUT2D eigenvalue weighted by atomic mass is 16.5. The Kier molecular flexibility index (Phi) is 4.99. The van der Waals surface area contributed by atoms with Crippen LogP contribution in [0.25, 0.3) is 11.3 Å². The summed E-state index contributed by atoms with van der Waals surface area (Å²) in [4.78, 5) is 45.3. The van der Waals surface area contributed by atoms with Gasteiger partial charge in [-0.2, -0.15) is 0 Å². The number of hydrogen-bond donors (Lipinski definition) is 1. The summed E-state index contributed by atoms with van der Waals surface area (Å²) < 4.78 is 5.59. The number of fused-ring (bicyclic) bond motifs is 2. The van der Waals surface area contributed by atoms with E-state index < -0.39 is 6.04 Å². The molecule has 0 radical (unpaired) electrons. The van der Waals surface area contributed by atoms with E-state index in [4.69, 9.17) is 4.74 Å². The van der Waals surface area contributed by atoms with E-state index in [0.717, 1.165) is 49.7 Å². The van der Waals surface area contributed by atoms with Gasteiger partial charge in [-0.3, -0.25) is 29.6 Å². The Morgan fingerprint density at radius 2 is 1.88 bits per heavy atom. The second kappa shape index (κ2) is 8.04. The molecular weight excluding hydrogens is 420 g/mol. The molecule has 3 amide bonds. The molecule has 0 bridgehead atoms. The highest BCUT2D eigenvalue weighted by Crippen LogP contribution is 2.32. The lowest BCUT2D eigenvalue weighted by Gasteiger charge is -2.29. The molecule has 3 saturated heterocycles. The van der Waals surface area contributed by atoms with Gasteiger partial charge in [0.1, 0.15) is 6.04 Å². The second-order valence-corrected chi connectivity index (χ2v) is 9.57. The number of carbonyl (C=O) groups is 3. The Morgan fingerprint density at radius 3 is 2.67 bits per heavy atom. The van der Waals surface area contributed by atoms with E-state index in [-0.39, 0.29) is 24.1 Å². The van der Waals surface area contributed by atoms with E-state index in [1.165, 1.54) is 5.56 Å². The molecule has 0 unspecified atom stereocenters. The van der Waals surface area contributed by atoms with E-state index >= 15 is 0 Å². The van der Waals surface area contributed by atoms with Crippen LogP contribution in [0.2, 0.25) is 0 Å². The van der Waals surface area contributed by atoms with E-state index in [1.54, 1.807) is 4.90 Å². The maximum absolute atomic E-state index is 12.9. The Hall–Kier alpha value is -3.10. The van der Waals surface area contributed by atoms with E-state index in [0.29, 0.717) is 30.4 Å². The number of benzene rings is 1. The molecule has 4 aliphatic rings. The van der Waals surface area contributed by atoms with Crippen molar-refractivity contribution in [3.8, 4) is 11.3 Å². The normalized spacial score (nSPS) is 27.1. The van der Waals surface area contributed by atoms with Gasteiger partial charge in [-0.05, 0) is 41.8 Å². The van der Waals surface area contributed by atoms with Gasteiger partial charge in [-0.15, -0.1) is 0 Å². The number of piperidine rings is 1.